The smallest absolute Gasteiger partial charge is 0.335 e. The zero-order chi connectivity index (χ0) is 13.8. The third kappa shape index (κ3) is 3.34. The van der Waals surface area contributed by atoms with Crippen LogP contribution in [0.2, 0.25) is 0 Å². The van der Waals surface area contributed by atoms with Gasteiger partial charge in [0.25, 0.3) is 5.91 Å². The van der Waals surface area contributed by atoms with Crippen molar-refractivity contribution >= 4 is 11.9 Å². The topological polar surface area (TPSA) is 66.4 Å². The Hall–Kier alpha value is -1.84. The predicted octanol–water partition coefficient (Wildman–Crippen LogP) is 2.69. The Morgan fingerprint density at radius 1 is 1.11 bits per heavy atom. The second kappa shape index (κ2) is 5.87. The van der Waals surface area contributed by atoms with E-state index in [-0.39, 0.29) is 17.5 Å². The molecule has 1 aromatic carbocycles. The lowest BCUT2D eigenvalue weighted by Gasteiger charge is -2.29. The molecule has 2 unspecified atom stereocenters. The van der Waals surface area contributed by atoms with Gasteiger partial charge >= 0.3 is 5.97 Å². The summed E-state index contributed by atoms with van der Waals surface area (Å²) >= 11 is 0. The van der Waals surface area contributed by atoms with Gasteiger partial charge in [0.05, 0.1) is 5.56 Å². The maximum Gasteiger partial charge on any atom is 0.335 e. The lowest BCUT2D eigenvalue weighted by Crippen LogP contribution is -2.41. The molecule has 2 atom stereocenters. The van der Waals surface area contributed by atoms with E-state index >= 15 is 0 Å². The van der Waals surface area contributed by atoms with Crippen molar-refractivity contribution in [3.8, 4) is 0 Å². The Balaban J connectivity index is 2.01. The molecule has 1 fully saturated rings. The standard InChI is InChI=1S/C15H19NO3/c1-10-4-2-3-5-13(10)16-14(17)11-6-8-12(9-7-11)15(18)19/h6-10,13H,2-5H2,1H3,(H,16,17)(H,18,19). The highest BCUT2D eigenvalue weighted by molar-refractivity contribution is 5.96. The minimum atomic E-state index is -0.979. The number of hydrogen-bond donors (Lipinski definition) is 2. The van der Waals surface area contributed by atoms with Crippen LogP contribution >= 0.6 is 0 Å². The molecule has 0 aromatic heterocycles. The Bertz CT molecular complexity index is 467. The van der Waals surface area contributed by atoms with Crippen molar-refractivity contribution in [1.29, 1.82) is 0 Å². The van der Waals surface area contributed by atoms with Gasteiger partial charge in [0.1, 0.15) is 0 Å². The highest BCUT2D eigenvalue weighted by Crippen LogP contribution is 2.24. The average molecular weight is 261 g/mol. The van der Waals surface area contributed by atoms with E-state index in [1.165, 1.54) is 18.6 Å². The molecule has 1 saturated carbocycles. The van der Waals surface area contributed by atoms with Gasteiger partial charge in [0.2, 0.25) is 0 Å². The molecule has 102 valence electrons. The van der Waals surface area contributed by atoms with Crippen molar-refractivity contribution in [2.24, 2.45) is 5.92 Å². The summed E-state index contributed by atoms with van der Waals surface area (Å²) in [7, 11) is 0. The van der Waals surface area contributed by atoms with Crippen LogP contribution in [-0.2, 0) is 0 Å². The average Bonchev–Trinajstić information content (AvgIpc) is 2.41. The van der Waals surface area contributed by atoms with Gasteiger partial charge < -0.3 is 10.4 Å². The Labute approximate surface area is 112 Å². The molecule has 0 aliphatic heterocycles. The molecule has 0 bridgehead atoms. The van der Waals surface area contributed by atoms with Gasteiger partial charge in [0, 0.05) is 11.6 Å². The van der Waals surface area contributed by atoms with Crippen molar-refractivity contribution in [3.63, 3.8) is 0 Å². The van der Waals surface area contributed by atoms with E-state index in [0.29, 0.717) is 11.5 Å². The Kier molecular flexibility index (Phi) is 4.20. The minimum absolute atomic E-state index is 0.115. The third-order valence-corrected chi connectivity index (χ3v) is 3.82. The normalized spacial score (nSPS) is 22.8. The second-order valence-electron chi connectivity index (χ2n) is 5.22. The summed E-state index contributed by atoms with van der Waals surface area (Å²) in [5.41, 5.74) is 0.713. The van der Waals surface area contributed by atoms with Crippen LogP contribution in [0.25, 0.3) is 0 Å². The molecule has 1 amide bonds. The summed E-state index contributed by atoms with van der Waals surface area (Å²) in [5.74, 6) is -0.584. The van der Waals surface area contributed by atoms with E-state index in [4.69, 9.17) is 5.11 Å². The zero-order valence-electron chi connectivity index (χ0n) is 11.1. The van der Waals surface area contributed by atoms with Crippen LogP contribution in [-0.4, -0.2) is 23.0 Å². The monoisotopic (exact) mass is 261 g/mol. The number of benzene rings is 1. The zero-order valence-corrected chi connectivity index (χ0v) is 11.1. The minimum Gasteiger partial charge on any atom is -0.478 e. The van der Waals surface area contributed by atoms with E-state index in [9.17, 15) is 9.59 Å². The number of carboxylic acid groups (broad SMARTS) is 1. The lowest BCUT2D eigenvalue weighted by atomic mass is 9.86. The Morgan fingerprint density at radius 2 is 1.68 bits per heavy atom. The molecular formula is C15H19NO3. The van der Waals surface area contributed by atoms with Gasteiger partial charge in [-0.2, -0.15) is 0 Å². The maximum atomic E-state index is 12.1. The summed E-state index contributed by atoms with van der Waals surface area (Å²) in [4.78, 5) is 22.8. The summed E-state index contributed by atoms with van der Waals surface area (Å²) in [6, 6.07) is 6.28. The first-order valence-electron chi connectivity index (χ1n) is 6.72. The molecule has 19 heavy (non-hydrogen) atoms. The number of amides is 1. The van der Waals surface area contributed by atoms with Crippen molar-refractivity contribution < 1.29 is 14.7 Å². The van der Waals surface area contributed by atoms with Crippen LogP contribution in [0.1, 0.15) is 53.3 Å². The fourth-order valence-electron chi connectivity index (χ4n) is 2.55. The van der Waals surface area contributed by atoms with Crippen LogP contribution < -0.4 is 5.32 Å². The van der Waals surface area contributed by atoms with E-state index in [2.05, 4.69) is 12.2 Å². The molecular weight excluding hydrogens is 242 g/mol. The molecule has 0 spiro atoms. The van der Waals surface area contributed by atoms with Gasteiger partial charge in [-0.05, 0) is 43.0 Å². The summed E-state index contributed by atoms with van der Waals surface area (Å²) in [6.45, 7) is 2.16. The molecule has 0 radical (unpaired) electrons. The molecule has 1 aliphatic carbocycles. The van der Waals surface area contributed by atoms with Gasteiger partial charge in [-0.3, -0.25) is 4.79 Å². The highest BCUT2D eigenvalue weighted by Gasteiger charge is 2.23. The number of hydrogen-bond acceptors (Lipinski definition) is 2. The van der Waals surface area contributed by atoms with Crippen LogP contribution in [0.3, 0.4) is 0 Å². The highest BCUT2D eigenvalue weighted by atomic mass is 16.4. The first kappa shape index (κ1) is 13.6. The van der Waals surface area contributed by atoms with Crippen molar-refractivity contribution in [2.45, 2.75) is 38.6 Å². The van der Waals surface area contributed by atoms with Gasteiger partial charge in [-0.15, -0.1) is 0 Å². The maximum absolute atomic E-state index is 12.1. The van der Waals surface area contributed by atoms with Crippen molar-refractivity contribution in [1.82, 2.24) is 5.32 Å². The number of carbonyl (C=O) groups is 2. The molecule has 4 heteroatoms. The van der Waals surface area contributed by atoms with Crippen molar-refractivity contribution in [2.75, 3.05) is 0 Å². The summed E-state index contributed by atoms with van der Waals surface area (Å²) in [5, 5.41) is 11.9. The summed E-state index contributed by atoms with van der Waals surface area (Å²) < 4.78 is 0. The van der Waals surface area contributed by atoms with Gasteiger partial charge in [0.15, 0.2) is 0 Å². The number of nitrogens with one attached hydrogen (secondary N) is 1. The summed E-state index contributed by atoms with van der Waals surface area (Å²) in [6.07, 6.45) is 4.58. The quantitative estimate of drug-likeness (QED) is 0.879. The number of carbonyl (C=O) groups excluding carboxylic acids is 1. The molecule has 2 rings (SSSR count). The van der Waals surface area contributed by atoms with E-state index < -0.39 is 5.97 Å². The molecule has 0 heterocycles. The van der Waals surface area contributed by atoms with E-state index in [1.54, 1.807) is 12.1 Å². The van der Waals surface area contributed by atoms with Crippen molar-refractivity contribution in [3.05, 3.63) is 35.4 Å². The van der Waals surface area contributed by atoms with Crippen LogP contribution in [0.5, 0.6) is 0 Å². The third-order valence-electron chi connectivity index (χ3n) is 3.82. The number of rotatable bonds is 3. The SMILES string of the molecule is CC1CCCCC1NC(=O)c1ccc(C(=O)O)cc1. The fourth-order valence-corrected chi connectivity index (χ4v) is 2.55. The van der Waals surface area contributed by atoms with Crippen LogP contribution in [0.4, 0.5) is 0 Å². The first-order chi connectivity index (χ1) is 9.08. The fraction of sp³-hybridized carbons (Fsp3) is 0.467. The molecule has 1 aromatic rings. The first-order valence-corrected chi connectivity index (χ1v) is 6.72. The second-order valence-corrected chi connectivity index (χ2v) is 5.22. The van der Waals surface area contributed by atoms with E-state index in [1.807, 2.05) is 0 Å². The molecule has 4 nitrogen and oxygen atoms in total. The Morgan fingerprint density at radius 3 is 2.26 bits per heavy atom. The number of carboxylic acids is 1. The molecule has 1 aliphatic rings. The van der Waals surface area contributed by atoms with E-state index in [0.717, 1.165) is 19.3 Å². The van der Waals surface area contributed by atoms with Gasteiger partial charge in [-0.25, -0.2) is 4.79 Å². The lowest BCUT2D eigenvalue weighted by molar-refractivity contribution is 0.0696. The molecule has 2 N–H and O–H groups in total. The van der Waals surface area contributed by atoms with Crippen LogP contribution in [0.15, 0.2) is 24.3 Å². The van der Waals surface area contributed by atoms with Gasteiger partial charge in [-0.1, -0.05) is 19.8 Å². The predicted molar refractivity (Wildman–Crippen MR) is 72.3 cm³/mol. The molecule has 0 saturated heterocycles. The largest absolute Gasteiger partial charge is 0.478 e. The number of aromatic carboxylic acids is 1. The van der Waals surface area contributed by atoms with Crippen LogP contribution in [0, 0.1) is 5.92 Å².